The predicted molar refractivity (Wildman–Crippen MR) is 123 cm³/mol. The smallest absolute Gasteiger partial charge is 0.343 e. The Labute approximate surface area is 199 Å². The number of hydrazone groups is 1. The first-order chi connectivity index (χ1) is 17.0. The SMILES string of the molecule is COc1cc(/C=N/NC(=O)Cn2nnc(-c3ccccc3)n2)ccc1OC(=O)c1cccc(F)c1. The van der Waals surface area contributed by atoms with Crippen LogP contribution in [-0.2, 0) is 11.3 Å². The maximum atomic E-state index is 13.3. The van der Waals surface area contributed by atoms with Crippen LogP contribution in [-0.4, -0.2) is 45.4 Å². The Bertz CT molecular complexity index is 1370. The summed E-state index contributed by atoms with van der Waals surface area (Å²) in [7, 11) is 1.41. The molecule has 4 aromatic rings. The highest BCUT2D eigenvalue weighted by atomic mass is 19.1. The standard InChI is InChI=1S/C24H19FN6O4/c1-34-21-12-16(10-11-20(21)35-24(33)18-8-5-9-19(25)13-18)14-26-27-22(32)15-31-29-23(28-30-31)17-6-3-2-4-7-17/h2-14H,15H2,1H3,(H,27,32)/b26-14+. The largest absolute Gasteiger partial charge is 0.493 e. The number of benzene rings is 3. The van der Waals surface area contributed by atoms with Gasteiger partial charge in [-0.15, -0.1) is 10.2 Å². The van der Waals surface area contributed by atoms with Crippen LogP contribution < -0.4 is 14.9 Å². The quantitative estimate of drug-likeness (QED) is 0.180. The van der Waals surface area contributed by atoms with Crippen LogP contribution >= 0.6 is 0 Å². The number of nitrogens with zero attached hydrogens (tertiary/aromatic N) is 5. The maximum absolute atomic E-state index is 13.3. The van der Waals surface area contributed by atoms with Gasteiger partial charge in [-0.2, -0.15) is 9.90 Å². The van der Waals surface area contributed by atoms with E-state index in [9.17, 15) is 14.0 Å². The van der Waals surface area contributed by atoms with Crippen LogP contribution in [0.5, 0.6) is 11.5 Å². The van der Waals surface area contributed by atoms with Crippen LogP contribution in [0.4, 0.5) is 4.39 Å². The van der Waals surface area contributed by atoms with Crippen molar-refractivity contribution in [3.8, 4) is 22.9 Å². The minimum atomic E-state index is -0.728. The molecule has 0 aliphatic rings. The number of carbonyl (C=O) groups is 2. The molecule has 0 fully saturated rings. The number of hydrogen-bond acceptors (Lipinski definition) is 8. The molecule has 0 saturated heterocycles. The molecule has 35 heavy (non-hydrogen) atoms. The Morgan fingerprint density at radius 3 is 2.66 bits per heavy atom. The van der Waals surface area contributed by atoms with Crippen molar-refractivity contribution in [2.24, 2.45) is 5.10 Å². The zero-order chi connectivity index (χ0) is 24.6. The Kier molecular flexibility index (Phi) is 7.16. The Hall–Kier alpha value is -4.93. The third-order valence-electron chi connectivity index (χ3n) is 4.62. The maximum Gasteiger partial charge on any atom is 0.343 e. The van der Waals surface area contributed by atoms with Gasteiger partial charge in [0.15, 0.2) is 11.5 Å². The minimum Gasteiger partial charge on any atom is -0.493 e. The topological polar surface area (TPSA) is 121 Å². The molecule has 1 heterocycles. The molecule has 0 atom stereocenters. The molecule has 0 spiro atoms. The summed E-state index contributed by atoms with van der Waals surface area (Å²) in [4.78, 5) is 25.6. The van der Waals surface area contributed by atoms with Crippen LogP contribution in [0.15, 0.2) is 77.9 Å². The third kappa shape index (κ3) is 6.11. The molecule has 1 amide bonds. The van der Waals surface area contributed by atoms with E-state index in [1.807, 2.05) is 30.3 Å². The van der Waals surface area contributed by atoms with E-state index in [0.29, 0.717) is 11.4 Å². The van der Waals surface area contributed by atoms with E-state index in [4.69, 9.17) is 9.47 Å². The Morgan fingerprint density at radius 1 is 1.06 bits per heavy atom. The fraction of sp³-hybridized carbons (Fsp3) is 0.0833. The van der Waals surface area contributed by atoms with Gasteiger partial charge in [-0.1, -0.05) is 36.4 Å². The number of nitrogens with one attached hydrogen (secondary N) is 1. The second kappa shape index (κ2) is 10.8. The van der Waals surface area contributed by atoms with Crippen LogP contribution in [0.25, 0.3) is 11.4 Å². The monoisotopic (exact) mass is 474 g/mol. The number of tetrazole rings is 1. The molecule has 4 rings (SSSR count). The molecule has 1 N–H and O–H groups in total. The van der Waals surface area contributed by atoms with E-state index in [0.717, 1.165) is 16.4 Å². The second-order valence-corrected chi connectivity index (χ2v) is 7.11. The Morgan fingerprint density at radius 2 is 1.89 bits per heavy atom. The molecular weight excluding hydrogens is 455 g/mol. The molecule has 11 heteroatoms. The lowest BCUT2D eigenvalue weighted by atomic mass is 10.2. The first-order valence-electron chi connectivity index (χ1n) is 10.3. The molecule has 176 valence electrons. The highest BCUT2D eigenvalue weighted by Crippen LogP contribution is 2.28. The number of carbonyl (C=O) groups excluding carboxylic acids is 2. The zero-order valence-corrected chi connectivity index (χ0v) is 18.5. The molecule has 10 nitrogen and oxygen atoms in total. The van der Waals surface area contributed by atoms with Crippen LogP contribution in [0, 0.1) is 5.82 Å². The third-order valence-corrected chi connectivity index (χ3v) is 4.62. The molecule has 0 radical (unpaired) electrons. The summed E-state index contributed by atoms with van der Waals surface area (Å²) >= 11 is 0. The molecule has 1 aromatic heterocycles. The predicted octanol–water partition coefficient (Wildman–Crippen LogP) is 2.86. The number of amides is 1. The molecule has 0 bridgehead atoms. The van der Waals surface area contributed by atoms with Gasteiger partial charge in [0.05, 0.1) is 18.9 Å². The summed E-state index contributed by atoms with van der Waals surface area (Å²) < 4.78 is 23.9. The van der Waals surface area contributed by atoms with Crippen molar-refractivity contribution < 1.29 is 23.5 Å². The molecule has 0 unspecified atom stereocenters. The van der Waals surface area contributed by atoms with E-state index in [1.165, 1.54) is 37.6 Å². The average Bonchev–Trinajstić information content (AvgIpc) is 3.33. The van der Waals surface area contributed by atoms with E-state index in [-0.39, 0.29) is 23.6 Å². The average molecular weight is 474 g/mol. The highest BCUT2D eigenvalue weighted by molar-refractivity contribution is 5.91. The van der Waals surface area contributed by atoms with Gasteiger partial charge >= 0.3 is 5.97 Å². The normalized spacial score (nSPS) is 10.8. The number of ether oxygens (including phenoxy) is 2. The summed E-state index contributed by atoms with van der Waals surface area (Å²) in [5.41, 5.74) is 3.80. The second-order valence-electron chi connectivity index (χ2n) is 7.11. The van der Waals surface area contributed by atoms with Gasteiger partial charge in [-0.3, -0.25) is 4.79 Å². The minimum absolute atomic E-state index is 0.0677. The molecule has 3 aromatic carbocycles. The first-order valence-corrected chi connectivity index (χ1v) is 10.3. The molecule has 0 aliphatic heterocycles. The van der Waals surface area contributed by atoms with Crippen molar-refractivity contribution in [3.05, 3.63) is 89.7 Å². The van der Waals surface area contributed by atoms with Gasteiger partial charge in [0.25, 0.3) is 5.91 Å². The van der Waals surface area contributed by atoms with Gasteiger partial charge in [-0.25, -0.2) is 14.6 Å². The fourth-order valence-corrected chi connectivity index (χ4v) is 2.98. The van der Waals surface area contributed by atoms with Crippen molar-refractivity contribution >= 4 is 18.1 Å². The first kappa shape index (κ1) is 23.2. The number of rotatable bonds is 8. The van der Waals surface area contributed by atoms with Crippen molar-refractivity contribution in [2.75, 3.05) is 7.11 Å². The van der Waals surface area contributed by atoms with E-state index in [2.05, 4.69) is 25.9 Å². The lowest BCUT2D eigenvalue weighted by Gasteiger charge is -2.10. The molecular formula is C24H19FN6O4. The number of methoxy groups -OCH3 is 1. The van der Waals surface area contributed by atoms with E-state index < -0.39 is 17.7 Å². The van der Waals surface area contributed by atoms with E-state index >= 15 is 0 Å². The number of esters is 1. The van der Waals surface area contributed by atoms with E-state index in [1.54, 1.807) is 12.1 Å². The summed E-state index contributed by atoms with van der Waals surface area (Å²) in [6, 6.07) is 19.1. The summed E-state index contributed by atoms with van der Waals surface area (Å²) in [5.74, 6) is -0.914. The van der Waals surface area contributed by atoms with Gasteiger partial charge in [-0.05, 0) is 47.2 Å². The van der Waals surface area contributed by atoms with Crippen molar-refractivity contribution in [1.29, 1.82) is 0 Å². The summed E-state index contributed by atoms with van der Waals surface area (Å²) in [6.07, 6.45) is 1.39. The summed E-state index contributed by atoms with van der Waals surface area (Å²) in [5, 5.41) is 15.9. The Balaban J connectivity index is 1.34. The van der Waals surface area contributed by atoms with Gasteiger partial charge in [0, 0.05) is 5.56 Å². The number of aromatic nitrogens is 4. The van der Waals surface area contributed by atoms with Gasteiger partial charge < -0.3 is 9.47 Å². The van der Waals surface area contributed by atoms with Gasteiger partial charge in [0.1, 0.15) is 12.4 Å². The highest BCUT2D eigenvalue weighted by Gasteiger charge is 2.14. The molecule has 0 aliphatic carbocycles. The number of hydrogen-bond donors (Lipinski definition) is 1. The van der Waals surface area contributed by atoms with Crippen LogP contribution in [0.3, 0.4) is 0 Å². The molecule has 0 saturated carbocycles. The number of halogens is 1. The van der Waals surface area contributed by atoms with Crippen LogP contribution in [0.2, 0.25) is 0 Å². The van der Waals surface area contributed by atoms with Crippen molar-refractivity contribution in [2.45, 2.75) is 6.54 Å². The van der Waals surface area contributed by atoms with Crippen molar-refractivity contribution in [1.82, 2.24) is 25.6 Å². The lowest BCUT2D eigenvalue weighted by molar-refractivity contribution is -0.122. The van der Waals surface area contributed by atoms with Gasteiger partial charge in [0.2, 0.25) is 5.82 Å². The lowest BCUT2D eigenvalue weighted by Crippen LogP contribution is -2.24. The van der Waals surface area contributed by atoms with Crippen LogP contribution in [0.1, 0.15) is 15.9 Å². The fourth-order valence-electron chi connectivity index (χ4n) is 2.98. The zero-order valence-electron chi connectivity index (χ0n) is 18.5. The van der Waals surface area contributed by atoms with Crippen molar-refractivity contribution in [3.63, 3.8) is 0 Å². The summed E-state index contributed by atoms with van der Waals surface area (Å²) in [6.45, 7) is -0.171.